The second kappa shape index (κ2) is 28.6. The van der Waals surface area contributed by atoms with Crippen LogP contribution in [0, 0.1) is 11.8 Å². The molecule has 2 atom stereocenters. The average molecular weight is 483 g/mol. The zero-order chi connectivity index (χ0) is 24.2. The maximum Gasteiger partial charge on any atom is -0.00417 e. The van der Waals surface area contributed by atoms with E-state index in [-0.39, 0.29) is 0 Å². The van der Waals surface area contributed by atoms with E-state index in [0.717, 1.165) is 11.8 Å². The third-order valence-corrected chi connectivity index (χ3v) is 9.02. The Kier molecular flexibility index (Phi) is 28.9. The van der Waals surface area contributed by atoms with Crippen LogP contribution in [0.3, 0.4) is 0 Å². The monoisotopic (exact) mass is 482 g/mol. The molecule has 0 aromatic heterocycles. The SMILES string of the molecule is CCCCCCCCCCCCCC(C)CSCC(C)CCCCCCCCCCCCC. The fourth-order valence-corrected chi connectivity index (χ4v) is 6.23. The Morgan fingerprint density at radius 2 is 0.606 bits per heavy atom. The first kappa shape index (κ1) is 33.4. The van der Waals surface area contributed by atoms with E-state index in [4.69, 9.17) is 0 Å². The lowest BCUT2D eigenvalue weighted by molar-refractivity contribution is 0.503. The van der Waals surface area contributed by atoms with Crippen LogP contribution in [0.1, 0.15) is 182 Å². The van der Waals surface area contributed by atoms with Gasteiger partial charge in [0.2, 0.25) is 0 Å². The number of hydrogen-bond donors (Lipinski definition) is 0. The summed E-state index contributed by atoms with van der Waals surface area (Å²) in [5.74, 6) is 4.62. The lowest BCUT2D eigenvalue weighted by Gasteiger charge is -2.14. The van der Waals surface area contributed by atoms with Crippen molar-refractivity contribution in [2.45, 2.75) is 182 Å². The van der Waals surface area contributed by atoms with Crippen LogP contribution >= 0.6 is 11.8 Å². The normalized spacial score (nSPS) is 13.5. The first-order chi connectivity index (χ1) is 16.2. The highest BCUT2D eigenvalue weighted by Crippen LogP contribution is 2.21. The highest BCUT2D eigenvalue weighted by atomic mass is 32.2. The Morgan fingerprint density at radius 3 is 0.879 bits per heavy atom. The van der Waals surface area contributed by atoms with Gasteiger partial charge in [0.15, 0.2) is 0 Å². The molecule has 0 aliphatic carbocycles. The molecule has 2 unspecified atom stereocenters. The maximum absolute atomic E-state index is 2.48. The first-order valence-corrected chi connectivity index (χ1v) is 16.9. The molecule has 0 saturated heterocycles. The molecule has 0 spiro atoms. The van der Waals surface area contributed by atoms with E-state index in [0.29, 0.717) is 0 Å². The Hall–Kier alpha value is 0.350. The molecule has 200 valence electrons. The minimum atomic E-state index is 0.919. The van der Waals surface area contributed by atoms with E-state index < -0.39 is 0 Å². The smallest absolute Gasteiger partial charge is 0.00417 e. The van der Waals surface area contributed by atoms with Crippen molar-refractivity contribution in [1.29, 1.82) is 0 Å². The van der Waals surface area contributed by atoms with Gasteiger partial charge < -0.3 is 0 Å². The van der Waals surface area contributed by atoms with Crippen LogP contribution in [0.4, 0.5) is 0 Å². The predicted molar refractivity (Wildman–Crippen MR) is 158 cm³/mol. The quantitative estimate of drug-likeness (QED) is 0.0999. The Bertz CT molecular complexity index is 307. The zero-order valence-corrected chi connectivity index (χ0v) is 24.8. The minimum absolute atomic E-state index is 0.919. The molecule has 0 amide bonds. The molecule has 33 heavy (non-hydrogen) atoms. The van der Waals surface area contributed by atoms with Gasteiger partial charge in [0.05, 0.1) is 0 Å². The topological polar surface area (TPSA) is 0 Å². The Balaban J connectivity index is 3.27. The second-order valence-electron chi connectivity index (χ2n) is 11.4. The molecule has 0 nitrogen and oxygen atoms in total. The molecule has 0 aliphatic rings. The Labute approximate surface area is 216 Å². The summed E-state index contributed by atoms with van der Waals surface area (Å²) in [7, 11) is 0. The van der Waals surface area contributed by atoms with Gasteiger partial charge in [-0.05, 0) is 36.2 Å². The van der Waals surface area contributed by atoms with Crippen LogP contribution in [-0.2, 0) is 0 Å². The summed E-state index contributed by atoms with van der Waals surface area (Å²) in [6, 6.07) is 0. The lowest BCUT2D eigenvalue weighted by Crippen LogP contribution is -2.03. The van der Waals surface area contributed by atoms with Gasteiger partial charge in [-0.3, -0.25) is 0 Å². The van der Waals surface area contributed by atoms with E-state index in [2.05, 4.69) is 39.5 Å². The van der Waals surface area contributed by atoms with Crippen LogP contribution in [0.5, 0.6) is 0 Å². The summed E-state index contributed by atoms with van der Waals surface area (Å²) in [6.45, 7) is 9.58. The average Bonchev–Trinajstić information content (AvgIpc) is 2.81. The standard InChI is InChI=1S/C32H66S/c1-5-7-9-11-13-15-17-19-21-23-25-27-31(3)29-33-30-32(4)28-26-24-22-20-18-16-14-12-10-8-6-2/h31-32H,5-30H2,1-4H3. The summed E-state index contributed by atoms with van der Waals surface area (Å²) >= 11 is 2.24. The van der Waals surface area contributed by atoms with Crippen molar-refractivity contribution in [3.63, 3.8) is 0 Å². The van der Waals surface area contributed by atoms with Gasteiger partial charge in [-0.2, -0.15) is 11.8 Å². The molecule has 0 bridgehead atoms. The second-order valence-corrected chi connectivity index (χ2v) is 12.5. The van der Waals surface area contributed by atoms with Crippen molar-refractivity contribution < 1.29 is 0 Å². The molecule has 0 rings (SSSR count). The largest absolute Gasteiger partial charge is 0.161 e. The predicted octanol–water partition coefficient (Wildman–Crippen LogP) is 12.4. The number of thioether (sulfide) groups is 1. The van der Waals surface area contributed by atoms with Gasteiger partial charge in [-0.15, -0.1) is 0 Å². The number of hydrogen-bond acceptors (Lipinski definition) is 1. The van der Waals surface area contributed by atoms with Crippen molar-refractivity contribution in [3.05, 3.63) is 0 Å². The van der Waals surface area contributed by atoms with Crippen molar-refractivity contribution in [2.75, 3.05) is 11.5 Å². The molecule has 0 radical (unpaired) electrons. The third kappa shape index (κ3) is 28.5. The van der Waals surface area contributed by atoms with E-state index in [1.54, 1.807) is 0 Å². The fourth-order valence-electron chi connectivity index (χ4n) is 4.95. The van der Waals surface area contributed by atoms with Gasteiger partial charge in [0, 0.05) is 0 Å². The number of rotatable bonds is 28. The molecule has 0 aliphatic heterocycles. The fraction of sp³-hybridized carbons (Fsp3) is 1.00. The molecule has 1 heteroatoms. The van der Waals surface area contributed by atoms with Crippen molar-refractivity contribution >= 4 is 11.8 Å². The van der Waals surface area contributed by atoms with Gasteiger partial charge in [-0.1, -0.05) is 169 Å². The summed E-state index contributed by atoms with van der Waals surface area (Å²) < 4.78 is 0. The van der Waals surface area contributed by atoms with Crippen molar-refractivity contribution in [1.82, 2.24) is 0 Å². The maximum atomic E-state index is 2.48. The number of unbranched alkanes of at least 4 members (excludes halogenated alkanes) is 20. The first-order valence-electron chi connectivity index (χ1n) is 15.8. The van der Waals surface area contributed by atoms with E-state index >= 15 is 0 Å². The van der Waals surface area contributed by atoms with Crippen molar-refractivity contribution in [2.24, 2.45) is 11.8 Å². The van der Waals surface area contributed by atoms with Crippen molar-refractivity contribution in [3.8, 4) is 0 Å². The van der Waals surface area contributed by atoms with Gasteiger partial charge >= 0.3 is 0 Å². The van der Waals surface area contributed by atoms with Gasteiger partial charge in [0.1, 0.15) is 0 Å². The Morgan fingerprint density at radius 1 is 0.364 bits per heavy atom. The summed E-state index contributed by atoms with van der Waals surface area (Å²) in [4.78, 5) is 0. The third-order valence-electron chi connectivity index (χ3n) is 7.41. The van der Waals surface area contributed by atoms with Gasteiger partial charge in [0.25, 0.3) is 0 Å². The summed E-state index contributed by atoms with van der Waals surface area (Å²) in [5.41, 5.74) is 0. The zero-order valence-electron chi connectivity index (χ0n) is 23.9. The van der Waals surface area contributed by atoms with Crippen LogP contribution in [0.15, 0.2) is 0 Å². The molecule has 0 N–H and O–H groups in total. The highest BCUT2D eigenvalue weighted by molar-refractivity contribution is 7.99. The van der Waals surface area contributed by atoms with Gasteiger partial charge in [-0.25, -0.2) is 0 Å². The molecule has 0 aromatic carbocycles. The highest BCUT2D eigenvalue weighted by Gasteiger charge is 2.06. The molecular weight excluding hydrogens is 416 g/mol. The van der Waals surface area contributed by atoms with Crippen LogP contribution in [-0.4, -0.2) is 11.5 Å². The summed E-state index contributed by atoms with van der Waals surface area (Å²) in [5, 5.41) is 0. The van der Waals surface area contributed by atoms with Crippen LogP contribution in [0.25, 0.3) is 0 Å². The van der Waals surface area contributed by atoms with E-state index in [1.165, 1.54) is 166 Å². The van der Waals surface area contributed by atoms with E-state index in [9.17, 15) is 0 Å². The van der Waals surface area contributed by atoms with E-state index in [1.807, 2.05) is 0 Å². The van der Waals surface area contributed by atoms with Crippen LogP contribution in [0.2, 0.25) is 0 Å². The molecule has 0 heterocycles. The molecule has 0 fully saturated rings. The molecule has 0 saturated carbocycles. The molecular formula is C32H66S. The minimum Gasteiger partial charge on any atom is -0.161 e. The molecule has 0 aromatic rings. The lowest BCUT2D eigenvalue weighted by atomic mass is 10.0. The van der Waals surface area contributed by atoms with Crippen LogP contribution < -0.4 is 0 Å². The summed E-state index contributed by atoms with van der Waals surface area (Å²) in [6.07, 6.45) is 35.1.